The van der Waals surface area contributed by atoms with Crippen LogP contribution in [0.4, 0.5) is 10.7 Å². The maximum atomic E-state index is 11.9. The van der Waals surface area contributed by atoms with Crippen molar-refractivity contribution in [2.75, 3.05) is 23.4 Å². The van der Waals surface area contributed by atoms with Gasteiger partial charge in [-0.05, 0) is 42.1 Å². The van der Waals surface area contributed by atoms with Crippen molar-refractivity contribution in [1.82, 2.24) is 0 Å². The average Bonchev–Trinajstić information content (AvgIpc) is 3.22. The van der Waals surface area contributed by atoms with Gasteiger partial charge in [0, 0.05) is 18.7 Å². The van der Waals surface area contributed by atoms with E-state index in [9.17, 15) is 9.59 Å². The molecule has 2 heterocycles. The summed E-state index contributed by atoms with van der Waals surface area (Å²) in [7, 11) is 0. The highest BCUT2D eigenvalue weighted by Gasteiger charge is 2.21. The van der Waals surface area contributed by atoms with E-state index in [1.54, 1.807) is 28.5 Å². The summed E-state index contributed by atoms with van der Waals surface area (Å²) in [6, 6.07) is 10.8. The molecule has 0 spiro atoms. The zero-order chi connectivity index (χ0) is 16.9. The molecule has 1 aliphatic heterocycles. The molecule has 2 aromatic rings. The second kappa shape index (κ2) is 7.15. The monoisotopic (exact) mass is 341 g/mol. The van der Waals surface area contributed by atoms with Crippen LogP contribution in [-0.4, -0.2) is 25.0 Å². The number of nitriles is 1. The number of nitrogens with zero attached hydrogens (tertiary/aromatic N) is 2. The van der Waals surface area contributed by atoms with Crippen LogP contribution in [0.25, 0.3) is 0 Å². The van der Waals surface area contributed by atoms with Crippen LogP contribution in [0.3, 0.4) is 0 Å². The van der Waals surface area contributed by atoms with E-state index in [2.05, 4.69) is 5.32 Å². The van der Waals surface area contributed by atoms with E-state index in [4.69, 9.17) is 10.00 Å². The number of ether oxygens (including phenoxy) is 1. The Hall–Kier alpha value is -2.85. The summed E-state index contributed by atoms with van der Waals surface area (Å²) < 4.78 is 5.44. The van der Waals surface area contributed by atoms with E-state index in [0.717, 1.165) is 18.7 Å². The fraction of sp³-hybridized carbons (Fsp3) is 0.235. The van der Waals surface area contributed by atoms with E-state index in [0.29, 0.717) is 22.7 Å². The first-order valence-electron chi connectivity index (χ1n) is 7.48. The lowest BCUT2D eigenvalue weighted by atomic mass is 10.3. The summed E-state index contributed by atoms with van der Waals surface area (Å²) in [5, 5.41) is 13.8. The van der Waals surface area contributed by atoms with Crippen molar-refractivity contribution < 1.29 is 14.3 Å². The highest BCUT2D eigenvalue weighted by atomic mass is 32.1. The Bertz CT molecular complexity index is 792. The first-order chi connectivity index (χ1) is 11.7. The third kappa shape index (κ3) is 3.55. The fourth-order valence-electron chi connectivity index (χ4n) is 2.45. The van der Waals surface area contributed by atoms with Crippen molar-refractivity contribution in [3.05, 3.63) is 41.3 Å². The molecule has 0 radical (unpaired) electrons. The Labute approximate surface area is 143 Å². The molecule has 1 fully saturated rings. The van der Waals surface area contributed by atoms with Crippen molar-refractivity contribution in [3.8, 4) is 11.8 Å². The number of amides is 2. The van der Waals surface area contributed by atoms with Gasteiger partial charge < -0.3 is 15.0 Å². The van der Waals surface area contributed by atoms with Crippen LogP contribution in [0.15, 0.2) is 35.7 Å². The lowest BCUT2D eigenvalue weighted by Gasteiger charge is -2.16. The molecule has 0 saturated carbocycles. The zero-order valence-corrected chi connectivity index (χ0v) is 13.6. The van der Waals surface area contributed by atoms with E-state index in [-0.39, 0.29) is 18.4 Å². The molecule has 1 aromatic heterocycles. The minimum absolute atomic E-state index is 0.132. The molecule has 122 valence electrons. The summed E-state index contributed by atoms with van der Waals surface area (Å²) >= 11 is 1.29. The topological polar surface area (TPSA) is 82.4 Å². The summed E-state index contributed by atoms with van der Waals surface area (Å²) in [4.78, 5) is 25.3. The molecule has 0 bridgehead atoms. The van der Waals surface area contributed by atoms with Crippen molar-refractivity contribution in [2.45, 2.75) is 12.8 Å². The largest absolute Gasteiger partial charge is 0.484 e. The normalized spacial score (nSPS) is 13.6. The van der Waals surface area contributed by atoms with Gasteiger partial charge in [-0.15, -0.1) is 11.3 Å². The predicted octanol–water partition coefficient (Wildman–Crippen LogP) is 2.76. The molecular formula is C17H15N3O3S. The fourth-order valence-corrected chi connectivity index (χ4v) is 3.20. The highest BCUT2D eigenvalue weighted by molar-refractivity contribution is 7.14. The maximum Gasteiger partial charge on any atom is 0.262 e. The van der Waals surface area contributed by atoms with Crippen molar-refractivity contribution in [3.63, 3.8) is 0 Å². The molecule has 1 saturated heterocycles. The predicted molar refractivity (Wildman–Crippen MR) is 91.2 cm³/mol. The molecule has 24 heavy (non-hydrogen) atoms. The third-order valence-electron chi connectivity index (χ3n) is 3.63. The third-order valence-corrected chi connectivity index (χ3v) is 4.46. The lowest BCUT2D eigenvalue weighted by molar-refractivity contribution is -0.118. The first kappa shape index (κ1) is 16.0. The van der Waals surface area contributed by atoms with Crippen LogP contribution in [0.1, 0.15) is 18.4 Å². The number of hydrogen-bond donors (Lipinski definition) is 1. The van der Waals surface area contributed by atoms with Gasteiger partial charge in [0.15, 0.2) is 6.61 Å². The van der Waals surface area contributed by atoms with Gasteiger partial charge in [0.2, 0.25) is 5.91 Å². The number of anilines is 2. The van der Waals surface area contributed by atoms with Gasteiger partial charge in [0.25, 0.3) is 5.91 Å². The molecule has 1 aromatic carbocycles. The van der Waals surface area contributed by atoms with Crippen LogP contribution < -0.4 is 15.0 Å². The van der Waals surface area contributed by atoms with Crippen molar-refractivity contribution in [2.24, 2.45) is 0 Å². The molecule has 1 aliphatic rings. The van der Waals surface area contributed by atoms with Gasteiger partial charge in [0.05, 0.1) is 5.56 Å². The van der Waals surface area contributed by atoms with Gasteiger partial charge >= 0.3 is 0 Å². The number of rotatable bonds is 5. The molecule has 0 aliphatic carbocycles. The van der Waals surface area contributed by atoms with Crippen LogP contribution in [0.5, 0.6) is 5.75 Å². The van der Waals surface area contributed by atoms with Crippen LogP contribution >= 0.6 is 11.3 Å². The minimum atomic E-state index is -0.326. The van der Waals surface area contributed by atoms with Crippen molar-refractivity contribution in [1.29, 1.82) is 5.26 Å². The molecule has 1 N–H and O–H groups in total. The Balaban J connectivity index is 1.54. The molecular weight excluding hydrogens is 326 g/mol. The number of carbonyl (C=O) groups excluding carboxylic acids is 2. The van der Waals surface area contributed by atoms with E-state index in [1.807, 2.05) is 18.2 Å². The maximum absolute atomic E-state index is 11.9. The van der Waals surface area contributed by atoms with Gasteiger partial charge in [-0.3, -0.25) is 9.59 Å². The summed E-state index contributed by atoms with van der Waals surface area (Å²) in [6.45, 7) is 0.592. The second-order valence-electron chi connectivity index (χ2n) is 5.25. The molecule has 0 unspecified atom stereocenters. The Morgan fingerprint density at radius 3 is 2.79 bits per heavy atom. The van der Waals surface area contributed by atoms with Gasteiger partial charge in [-0.2, -0.15) is 5.26 Å². The number of carbonyl (C=O) groups is 2. The minimum Gasteiger partial charge on any atom is -0.484 e. The van der Waals surface area contributed by atoms with Gasteiger partial charge in [0.1, 0.15) is 16.8 Å². The number of thiophene rings is 1. The molecule has 0 atom stereocenters. The Morgan fingerprint density at radius 1 is 1.33 bits per heavy atom. The summed E-state index contributed by atoms with van der Waals surface area (Å²) in [6.07, 6.45) is 1.47. The SMILES string of the molecule is N#Cc1ccsc1NC(=O)COc1ccc(N2CCCC2=O)cc1. The zero-order valence-electron chi connectivity index (χ0n) is 12.8. The lowest BCUT2D eigenvalue weighted by Crippen LogP contribution is -2.23. The standard InChI is InChI=1S/C17H15N3O3S/c18-10-12-7-9-24-17(12)19-15(21)11-23-14-5-3-13(4-6-14)20-8-1-2-16(20)22/h3-7,9H,1-2,8,11H2,(H,19,21). The quantitative estimate of drug-likeness (QED) is 0.906. The van der Waals surface area contributed by atoms with Crippen molar-refractivity contribution >= 4 is 33.8 Å². The van der Waals surface area contributed by atoms with Gasteiger partial charge in [-0.25, -0.2) is 0 Å². The van der Waals surface area contributed by atoms with Crippen LogP contribution in [0.2, 0.25) is 0 Å². The second-order valence-corrected chi connectivity index (χ2v) is 6.17. The van der Waals surface area contributed by atoms with Gasteiger partial charge in [-0.1, -0.05) is 0 Å². The molecule has 7 heteroatoms. The number of benzene rings is 1. The number of nitrogens with one attached hydrogen (secondary N) is 1. The first-order valence-corrected chi connectivity index (χ1v) is 8.36. The van der Waals surface area contributed by atoms with Crippen LogP contribution in [-0.2, 0) is 9.59 Å². The van der Waals surface area contributed by atoms with Crippen LogP contribution in [0, 0.1) is 11.3 Å². The molecule has 2 amide bonds. The summed E-state index contributed by atoms with van der Waals surface area (Å²) in [5.41, 5.74) is 1.28. The Kier molecular flexibility index (Phi) is 4.77. The van der Waals surface area contributed by atoms with E-state index >= 15 is 0 Å². The average molecular weight is 341 g/mol. The Morgan fingerprint density at radius 2 is 2.12 bits per heavy atom. The smallest absolute Gasteiger partial charge is 0.262 e. The highest BCUT2D eigenvalue weighted by Crippen LogP contribution is 2.24. The van der Waals surface area contributed by atoms with E-state index < -0.39 is 0 Å². The molecule has 6 nitrogen and oxygen atoms in total. The van der Waals surface area contributed by atoms with E-state index in [1.165, 1.54) is 11.3 Å². The number of hydrogen-bond acceptors (Lipinski definition) is 5. The molecule has 3 rings (SSSR count). The summed E-state index contributed by atoms with van der Waals surface area (Å²) in [5.74, 6) is 0.354.